The van der Waals surface area contributed by atoms with E-state index in [-0.39, 0.29) is 36.1 Å². The Morgan fingerprint density at radius 2 is 2.00 bits per heavy atom. The summed E-state index contributed by atoms with van der Waals surface area (Å²) in [4.78, 5) is 24.6. The maximum Gasteiger partial charge on any atom is 0.266 e. The fourth-order valence-electron chi connectivity index (χ4n) is 2.20. The Labute approximate surface area is 153 Å². The topological polar surface area (TPSA) is 77.1 Å². The fourth-order valence-corrected chi connectivity index (χ4v) is 2.93. The summed E-state index contributed by atoms with van der Waals surface area (Å²) in [7, 11) is 0. The van der Waals surface area contributed by atoms with Gasteiger partial charge in [-0.15, -0.1) is 11.8 Å². The highest BCUT2D eigenvalue weighted by Crippen LogP contribution is 2.17. The van der Waals surface area contributed by atoms with E-state index in [4.69, 9.17) is 4.42 Å². The van der Waals surface area contributed by atoms with Crippen molar-refractivity contribution in [2.45, 2.75) is 11.4 Å². The molecule has 0 spiro atoms. The van der Waals surface area contributed by atoms with Crippen molar-refractivity contribution in [3.8, 4) is 11.5 Å². The molecule has 1 amide bonds. The molecule has 0 atom stereocenters. The molecule has 2 aromatic heterocycles. The maximum atomic E-state index is 12.8. The van der Waals surface area contributed by atoms with Crippen LogP contribution in [0.3, 0.4) is 0 Å². The van der Waals surface area contributed by atoms with E-state index in [0.717, 1.165) is 4.90 Å². The van der Waals surface area contributed by atoms with Gasteiger partial charge >= 0.3 is 0 Å². The van der Waals surface area contributed by atoms with Crippen molar-refractivity contribution in [2.75, 3.05) is 12.3 Å². The van der Waals surface area contributed by atoms with E-state index in [1.165, 1.54) is 40.9 Å². The van der Waals surface area contributed by atoms with Gasteiger partial charge in [0.1, 0.15) is 11.5 Å². The van der Waals surface area contributed by atoms with Crippen molar-refractivity contribution >= 4 is 17.7 Å². The second-order valence-electron chi connectivity index (χ2n) is 5.35. The van der Waals surface area contributed by atoms with Gasteiger partial charge in [0.05, 0.1) is 18.6 Å². The number of amides is 1. The first-order valence-corrected chi connectivity index (χ1v) is 8.87. The Hall–Kier alpha value is -2.87. The Bertz CT molecular complexity index is 924. The van der Waals surface area contributed by atoms with Gasteiger partial charge in [-0.2, -0.15) is 5.10 Å². The van der Waals surface area contributed by atoms with Gasteiger partial charge in [0.25, 0.3) is 5.56 Å². The summed E-state index contributed by atoms with van der Waals surface area (Å²) >= 11 is 1.31. The number of halogens is 1. The van der Waals surface area contributed by atoms with E-state index in [1.54, 1.807) is 30.3 Å². The lowest BCUT2D eigenvalue weighted by atomic mass is 10.3. The van der Waals surface area contributed by atoms with E-state index in [0.29, 0.717) is 11.5 Å². The van der Waals surface area contributed by atoms with Crippen LogP contribution in [0.15, 0.2) is 68.9 Å². The second kappa shape index (κ2) is 8.48. The minimum Gasteiger partial charge on any atom is -0.463 e. The first kappa shape index (κ1) is 17.9. The van der Waals surface area contributed by atoms with Crippen molar-refractivity contribution in [1.29, 1.82) is 0 Å². The molecule has 3 aromatic rings. The highest BCUT2D eigenvalue weighted by atomic mass is 32.2. The number of thioether (sulfide) groups is 1. The lowest BCUT2D eigenvalue weighted by Crippen LogP contribution is -2.32. The standard InChI is InChI=1S/C18H16FN3O3S/c19-13-3-5-14(6-4-13)26-12-17(23)20-9-10-22-18(24)8-7-15(21-22)16-2-1-11-25-16/h1-8,11H,9-10,12H2,(H,20,23). The Morgan fingerprint density at radius 3 is 2.73 bits per heavy atom. The number of carbonyl (C=O) groups is 1. The first-order chi connectivity index (χ1) is 12.6. The molecule has 0 bridgehead atoms. The van der Waals surface area contributed by atoms with E-state index >= 15 is 0 Å². The summed E-state index contributed by atoms with van der Waals surface area (Å²) in [6.07, 6.45) is 1.53. The lowest BCUT2D eigenvalue weighted by molar-refractivity contribution is -0.118. The SMILES string of the molecule is O=C(CSc1ccc(F)cc1)NCCn1nc(-c2ccco2)ccc1=O. The van der Waals surface area contributed by atoms with Crippen molar-refractivity contribution < 1.29 is 13.6 Å². The Morgan fingerprint density at radius 1 is 1.19 bits per heavy atom. The summed E-state index contributed by atoms with van der Waals surface area (Å²) < 4.78 is 19.4. The van der Waals surface area contributed by atoms with Gasteiger partial charge < -0.3 is 9.73 Å². The van der Waals surface area contributed by atoms with Crippen LogP contribution in [0.5, 0.6) is 0 Å². The van der Waals surface area contributed by atoms with Gasteiger partial charge in [-0.3, -0.25) is 9.59 Å². The van der Waals surface area contributed by atoms with Gasteiger partial charge in [0.15, 0.2) is 5.76 Å². The van der Waals surface area contributed by atoms with Crippen LogP contribution in [0.4, 0.5) is 4.39 Å². The number of aromatic nitrogens is 2. The number of nitrogens with zero attached hydrogens (tertiary/aromatic N) is 2. The molecule has 8 heteroatoms. The predicted octanol–water partition coefficient (Wildman–Crippen LogP) is 2.55. The zero-order valence-electron chi connectivity index (χ0n) is 13.7. The molecule has 1 aromatic carbocycles. The van der Waals surface area contributed by atoms with Crippen LogP contribution in [-0.4, -0.2) is 28.0 Å². The summed E-state index contributed by atoms with van der Waals surface area (Å²) in [6.45, 7) is 0.525. The molecule has 0 saturated carbocycles. The zero-order chi connectivity index (χ0) is 18.4. The predicted molar refractivity (Wildman–Crippen MR) is 96.3 cm³/mol. The lowest BCUT2D eigenvalue weighted by Gasteiger charge is -2.08. The summed E-state index contributed by atoms with van der Waals surface area (Å²) in [5.41, 5.74) is 0.294. The molecule has 134 valence electrons. The number of benzene rings is 1. The highest BCUT2D eigenvalue weighted by molar-refractivity contribution is 8.00. The van der Waals surface area contributed by atoms with Crippen LogP contribution in [-0.2, 0) is 11.3 Å². The van der Waals surface area contributed by atoms with Crippen LogP contribution < -0.4 is 10.9 Å². The minimum atomic E-state index is -0.312. The molecule has 0 fully saturated rings. The first-order valence-electron chi connectivity index (χ1n) is 7.89. The van der Waals surface area contributed by atoms with Crippen molar-refractivity contribution in [3.63, 3.8) is 0 Å². The third kappa shape index (κ3) is 4.82. The van der Waals surface area contributed by atoms with Crippen molar-refractivity contribution in [1.82, 2.24) is 15.1 Å². The molecule has 1 N–H and O–H groups in total. The molecule has 0 unspecified atom stereocenters. The van der Waals surface area contributed by atoms with E-state index in [1.807, 2.05) is 0 Å². The Balaban J connectivity index is 1.49. The number of nitrogens with one attached hydrogen (secondary N) is 1. The van der Waals surface area contributed by atoms with Crippen LogP contribution in [0.1, 0.15) is 0 Å². The van der Waals surface area contributed by atoms with Crippen LogP contribution >= 0.6 is 11.8 Å². The molecule has 26 heavy (non-hydrogen) atoms. The van der Waals surface area contributed by atoms with Crippen LogP contribution in [0, 0.1) is 5.82 Å². The van der Waals surface area contributed by atoms with Gasteiger partial charge in [-0.05, 0) is 42.5 Å². The molecular formula is C18H16FN3O3S. The summed E-state index contributed by atoms with van der Waals surface area (Å²) in [6, 6.07) is 12.5. The van der Waals surface area contributed by atoms with Crippen molar-refractivity contribution in [2.24, 2.45) is 0 Å². The monoisotopic (exact) mass is 373 g/mol. The molecule has 0 aliphatic heterocycles. The van der Waals surface area contributed by atoms with Crippen molar-refractivity contribution in [3.05, 3.63) is 71.0 Å². The normalized spacial score (nSPS) is 10.7. The van der Waals surface area contributed by atoms with E-state index < -0.39 is 0 Å². The molecular weight excluding hydrogens is 357 g/mol. The second-order valence-corrected chi connectivity index (χ2v) is 6.40. The largest absolute Gasteiger partial charge is 0.463 e. The number of hydrogen-bond acceptors (Lipinski definition) is 5. The number of carbonyl (C=O) groups excluding carboxylic acids is 1. The van der Waals surface area contributed by atoms with Gasteiger partial charge in [-0.1, -0.05) is 0 Å². The maximum absolute atomic E-state index is 12.8. The van der Waals surface area contributed by atoms with E-state index in [9.17, 15) is 14.0 Å². The van der Waals surface area contributed by atoms with Crippen LogP contribution in [0.2, 0.25) is 0 Å². The average molecular weight is 373 g/mol. The quantitative estimate of drug-likeness (QED) is 0.644. The molecule has 0 aliphatic carbocycles. The third-order valence-electron chi connectivity index (χ3n) is 3.47. The smallest absolute Gasteiger partial charge is 0.266 e. The van der Waals surface area contributed by atoms with Gasteiger partial charge in [0, 0.05) is 17.5 Å². The average Bonchev–Trinajstić information content (AvgIpc) is 3.17. The minimum absolute atomic E-state index is 0.172. The van der Waals surface area contributed by atoms with Gasteiger partial charge in [-0.25, -0.2) is 9.07 Å². The highest BCUT2D eigenvalue weighted by Gasteiger charge is 2.07. The summed E-state index contributed by atoms with van der Waals surface area (Å²) in [5.74, 6) is 0.294. The molecule has 0 radical (unpaired) electrons. The molecule has 0 aliphatic rings. The molecule has 2 heterocycles. The molecule has 0 saturated heterocycles. The summed E-state index contributed by atoms with van der Waals surface area (Å²) in [5, 5.41) is 6.97. The molecule has 6 nitrogen and oxygen atoms in total. The zero-order valence-corrected chi connectivity index (χ0v) is 14.5. The number of rotatable bonds is 7. The van der Waals surface area contributed by atoms with Crippen LogP contribution in [0.25, 0.3) is 11.5 Å². The van der Waals surface area contributed by atoms with Gasteiger partial charge in [0.2, 0.25) is 5.91 Å². The Kier molecular flexibility index (Phi) is 5.85. The fraction of sp³-hybridized carbons (Fsp3) is 0.167. The van der Waals surface area contributed by atoms with E-state index in [2.05, 4.69) is 10.4 Å². The number of furan rings is 1. The third-order valence-corrected chi connectivity index (χ3v) is 4.48. The number of hydrogen-bond donors (Lipinski definition) is 1. The molecule has 3 rings (SSSR count).